The topological polar surface area (TPSA) is 115 Å². The molecule has 31 heavy (non-hydrogen) atoms. The van der Waals surface area contributed by atoms with Gasteiger partial charge in [-0.25, -0.2) is 9.48 Å². The van der Waals surface area contributed by atoms with E-state index in [0.717, 1.165) is 11.1 Å². The molecule has 0 unspecified atom stereocenters. The molecule has 2 N–H and O–H groups in total. The van der Waals surface area contributed by atoms with Gasteiger partial charge in [0.25, 0.3) is 20.2 Å². The first-order valence-corrected chi connectivity index (χ1v) is 12.6. The zero-order valence-corrected chi connectivity index (χ0v) is 20.0. The van der Waals surface area contributed by atoms with Gasteiger partial charge >= 0.3 is 0 Å². The van der Waals surface area contributed by atoms with Gasteiger partial charge in [0.1, 0.15) is 34.3 Å². The van der Waals surface area contributed by atoms with E-state index in [4.69, 9.17) is 0 Å². The molecule has 0 amide bonds. The van der Waals surface area contributed by atoms with Gasteiger partial charge in [-0.05, 0) is 63.8 Å². The number of aryl methyl sites for hydroxylation is 4. The van der Waals surface area contributed by atoms with Crippen LogP contribution in [0.5, 0.6) is 0 Å². The lowest BCUT2D eigenvalue weighted by Crippen LogP contribution is -2.22. The van der Waals surface area contributed by atoms with Crippen LogP contribution in [-0.4, -0.2) is 49.9 Å². The minimum Gasteiger partial charge on any atom is -0.282 e. The summed E-state index contributed by atoms with van der Waals surface area (Å²) in [5, 5.41) is 0. The molecule has 168 valence electrons. The Balaban J connectivity index is 2.20. The Kier molecular flexibility index (Phi) is 5.81. The summed E-state index contributed by atoms with van der Waals surface area (Å²) in [6.45, 7) is 11.4. The number of benzene rings is 2. The molecular weight excluding hydrogens is 440 g/mol. The first-order valence-electron chi connectivity index (χ1n) is 9.69. The van der Waals surface area contributed by atoms with Crippen molar-refractivity contribution in [3.8, 4) is 0 Å². The van der Waals surface area contributed by atoms with Crippen LogP contribution in [0.15, 0.2) is 21.9 Å². The molecule has 2 aromatic rings. The van der Waals surface area contributed by atoms with Gasteiger partial charge < -0.3 is 0 Å². The number of hydrogen-bond acceptors (Lipinski definition) is 5. The van der Waals surface area contributed by atoms with Crippen molar-refractivity contribution in [2.75, 3.05) is 18.0 Å². The van der Waals surface area contributed by atoms with Crippen LogP contribution in [0.1, 0.15) is 33.4 Å². The Morgan fingerprint density at radius 1 is 0.774 bits per heavy atom. The Labute approximate surface area is 183 Å². The standard InChI is InChI=1S/C21H26N2O6S2/c1-12-9-14(3)20(30(24,25)26)16(5)18(12)22-7-8-23(11-22)19-13(2)10-15(4)21(17(19)6)31(27,28)29/h9-11H,7-8H2,1-6H3,(H-,24,25,26,27,28,29)/p+1. The summed E-state index contributed by atoms with van der Waals surface area (Å²) < 4.78 is 69.0. The van der Waals surface area contributed by atoms with Crippen LogP contribution >= 0.6 is 0 Å². The molecule has 1 aliphatic rings. The van der Waals surface area contributed by atoms with E-state index < -0.39 is 20.2 Å². The average molecular weight is 468 g/mol. The SMILES string of the molecule is Cc1cc(C)c(S(=O)(=O)O)c(C)c1N1C=[N+](c2c(C)cc(C)c(S(=O)(=O)O)c2C)CC1. The summed E-state index contributed by atoms with van der Waals surface area (Å²) in [7, 11) is -8.77. The van der Waals surface area contributed by atoms with Crippen molar-refractivity contribution in [1.29, 1.82) is 0 Å². The molecule has 0 aromatic heterocycles. The van der Waals surface area contributed by atoms with E-state index >= 15 is 0 Å². The zero-order valence-electron chi connectivity index (χ0n) is 18.4. The van der Waals surface area contributed by atoms with Crippen molar-refractivity contribution in [1.82, 2.24) is 0 Å². The Morgan fingerprint density at radius 3 is 1.77 bits per heavy atom. The normalized spacial score (nSPS) is 14.8. The quantitative estimate of drug-likeness (QED) is 0.524. The molecule has 0 saturated heterocycles. The first-order chi connectivity index (χ1) is 14.1. The predicted molar refractivity (Wildman–Crippen MR) is 119 cm³/mol. The highest BCUT2D eigenvalue weighted by molar-refractivity contribution is 7.86. The van der Waals surface area contributed by atoms with Crippen LogP contribution in [0, 0.1) is 41.5 Å². The minimum atomic E-state index is -4.39. The number of nitrogens with zero attached hydrogens (tertiary/aromatic N) is 2. The Morgan fingerprint density at radius 2 is 1.26 bits per heavy atom. The molecule has 0 bridgehead atoms. The van der Waals surface area contributed by atoms with E-state index in [1.54, 1.807) is 46.2 Å². The molecule has 10 heteroatoms. The third-order valence-electron chi connectivity index (χ3n) is 5.67. The highest BCUT2D eigenvalue weighted by Crippen LogP contribution is 2.36. The van der Waals surface area contributed by atoms with Gasteiger partial charge in [-0.2, -0.15) is 16.8 Å². The first kappa shape index (κ1) is 23.4. The van der Waals surface area contributed by atoms with Crippen LogP contribution in [0.4, 0.5) is 11.4 Å². The van der Waals surface area contributed by atoms with Crippen molar-refractivity contribution in [2.45, 2.75) is 51.3 Å². The summed E-state index contributed by atoms with van der Waals surface area (Å²) in [5.74, 6) is 0. The van der Waals surface area contributed by atoms with Gasteiger partial charge in [-0.15, -0.1) is 0 Å². The summed E-state index contributed by atoms with van der Waals surface area (Å²) in [6.07, 6.45) is 1.80. The van der Waals surface area contributed by atoms with E-state index in [2.05, 4.69) is 0 Å². The maximum atomic E-state index is 11.9. The maximum absolute atomic E-state index is 11.9. The van der Waals surface area contributed by atoms with Gasteiger partial charge in [-0.1, -0.05) is 12.1 Å². The van der Waals surface area contributed by atoms with Crippen molar-refractivity contribution in [2.24, 2.45) is 0 Å². The molecule has 1 aliphatic heterocycles. The third-order valence-corrected chi connectivity index (χ3v) is 7.96. The molecule has 0 radical (unpaired) electrons. The molecule has 0 saturated carbocycles. The summed E-state index contributed by atoms with van der Waals surface area (Å²) >= 11 is 0. The molecule has 2 aromatic carbocycles. The zero-order chi connectivity index (χ0) is 23.5. The molecule has 0 aliphatic carbocycles. The average Bonchev–Trinajstić information content (AvgIpc) is 2.99. The van der Waals surface area contributed by atoms with Gasteiger partial charge in [0.15, 0.2) is 0 Å². The summed E-state index contributed by atoms with van der Waals surface area (Å²) in [6, 6.07) is 3.45. The fourth-order valence-electron chi connectivity index (χ4n) is 4.83. The van der Waals surface area contributed by atoms with Crippen LogP contribution < -0.4 is 4.90 Å². The van der Waals surface area contributed by atoms with Crippen molar-refractivity contribution in [3.63, 3.8) is 0 Å². The van der Waals surface area contributed by atoms with E-state index in [1.807, 2.05) is 23.3 Å². The fraction of sp³-hybridized carbons (Fsp3) is 0.381. The highest BCUT2D eigenvalue weighted by Gasteiger charge is 2.32. The van der Waals surface area contributed by atoms with Crippen LogP contribution in [0.2, 0.25) is 0 Å². The second-order valence-electron chi connectivity index (χ2n) is 8.08. The fourth-order valence-corrected chi connectivity index (χ4v) is 6.73. The van der Waals surface area contributed by atoms with E-state index in [1.165, 1.54) is 0 Å². The summed E-state index contributed by atoms with van der Waals surface area (Å²) in [4.78, 5) is 1.69. The number of rotatable bonds is 4. The van der Waals surface area contributed by atoms with Gasteiger partial charge in [0.2, 0.25) is 6.34 Å². The predicted octanol–water partition coefficient (Wildman–Crippen LogP) is 3.22. The van der Waals surface area contributed by atoms with Crippen LogP contribution in [0.3, 0.4) is 0 Å². The van der Waals surface area contributed by atoms with Crippen molar-refractivity contribution >= 4 is 37.9 Å². The summed E-state index contributed by atoms with van der Waals surface area (Å²) in [5.41, 5.74) is 4.92. The van der Waals surface area contributed by atoms with Gasteiger partial charge in [0, 0.05) is 11.1 Å². The van der Waals surface area contributed by atoms with Gasteiger partial charge in [0.05, 0.1) is 0 Å². The molecule has 3 rings (SSSR count). The Bertz CT molecular complexity index is 1340. The molecule has 1 heterocycles. The lowest BCUT2D eigenvalue weighted by molar-refractivity contribution is -0.425. The minimum absolute atomic E-state index is 0.101. The molecule has 0 fully saturated rings. The van der Waals surface area contributed by atoms with Crippen LogP contribution in [-0.2, 0) is 20.2 Å². The Hall–Kier alpha value is -2.27. The molecule has 0 atom stereocenters. The third kappa shape index (κ3) is 4.12. The van der Waals surface area contributed by atoms with Crippen molar-refractivity contribution in [3.05, 3.63) is 45.5 Å². The number of anilines is 1. The number of hydrogen-bond donors (Lipinski definition) is 2. The van der Waals surface area contributed by atoms with E-state index in [-0.39, 0.29) is 9.79 Å². The molecule has 8 nitrogen and oxygen atoms in total. The van der Waals surface area contributed by atoms with E-state index in [0.29, 0.717) is 46.7 Å². The second kappa shape index (κ2) is 7.70. The lowest BCUT2D eigenvalue weighted by atomic mass is 10.0. The van der Waals surface area contributed by atoms with E-state index in [9.17, 15) is 25.9 Å². The lowest BCUT2D eigenvalue weighted by Gasteiger charge is -2.17. The highest BCUT2D eigenvalue weighted by atomic mass is 32.2. The molecular formula is C21H27N2O6S2+. The maximum Gasteiger partial charge on any atom is 0.295 e. The van der Waals surface area contributed by atoms with Gasteiger partial charge in [-0.3, -0.25) is 9.11 Å². The molecule has 0 spiro atoms. The largest absolute Gasteiger partial charge is 0.295 e. The van der Waals surface area contributed by atoms with Crippen molar-refractivity contribution < 1.29 is 30.5 Å². The monoisotopic (exact) mass is 467 g/mol. The smallest absolute Gasteiger partial charge is 0.282 e. The second-order valence-corrected chi connectivity index (χ2v) is 10.8. The van der Waals surface area contributed by atoms with Crippen LogP contribution in [0.25, 0.3) is 0 Å².